The van der Waals surface area contributed by atoms with Crippen molar-refractivity contribution in [3.05, 3.63) is 168 Å². The number of fused-ring (bicyclic) bond motifs is 12. The van der Waals surface area contributed by atoms with Gasteiger partial charge >= 0.3 is 0 Å². The van der Waals surface area contributed by atoms with E-state index in [1.807, 2.05) is 24.8 Å². The third kappa shape index (κ3) is 19.3. The molecule has 12 aromatic heterocycles. The second-order valence-electron chi connectivity index (χ2n) is 37.1. The summed E-state index contributed by atoms with van der Waals surface area (Å²) in [7, 11) is 0. The average Bonchev–Trinajstić information content (AvgIpc) is 1.60. The maximum Gasteiger partial charge on any atom is 0.223 e. The van der Waals surface area contributed by atoms with E-state index in [9.17, 15) is 76.0 Å². The van der Waals surface area contributed by atoms with Crippen LogP contribution in [0.1, 0.15) is 154 Å². The zero-order valence-corrected chi connectivity index (χ0v) is 75.4. The Balaban J connectivity index is 0.000000126. The highest BCUT2D eigenvalue weighted by molar-refractivity contribution is 5.95. The molecule has 16 heterocycles. The molecule has 48 heteroatoms. The largest absolute Gasteiger partial charge is 0.393 e. The number of nitrogen functional groups attached to an aromatic ring is 4. The zero-order chi connectivity index (χ0) is 96.8. The molecule has 4 aliphatic heterocycles. The standard InChI is InChI=1S/4C22H26F2N8O2/c4*1-12-3-4-13(8-31(12)15-7-26-30(9-15)10-22(2,34)11-33)19-28-20-16-5-14(23)6-17(24)18(16)27-21(25)32(20)29-19/h4*5-7,9,12-13,33-34H,3-4,8,10-11H2,1-2H3,(H2,25,27)/t2*12-,13+,22+;2*12-,13+,22-/m1010/s1. The summed E-state index contributed by atoms with van der Waals surface area (Å²) >= 11 is 0. The molecule has 4 fully saturated rings. The van der Waals surface area contributed by atoms with Crippen molar-refractivity contribution in [1.29, 1.82) is 0 Å². The smallest absolute Gasteiger partial charge is 0.223 e. The molecule has 720 valence electrons. The fraction of sp³-hybridized carbons (Fsp3) is 0.455. The topological polar surface area (TPSA) is 522 Å². The Morgan fingerprint density at radius 2 is 0.507 bits per heavy atom. The van der Waals surface area contributed by atoms with Crippen molar-refractivity contribution < 1.29 is 76.0 Å². The lowest BCUT2D eigenvalue weighted by Crippen LogP contribution is -2.41. The highest BCUT2D eigenvalue weighted by Crippen LogP contribution is 2.41. The summed E-state index contributed by atoms with van der Waals surface area (Å²) in [4.78, 5) is 43.4. The molecule has 0 aliphatic carbocycles. The van der Waals surface area contributed by atoms with Crippen LogP contribution in [0.3, 0.4) is 0 Å². The van der Waals surface area contributed by atoms with E-state index in [2.05, 4.69) is 128 Å². The van der Waals surface area contributed by atoms with E-state index in [0.717, 1.165) is 98.4 Å². The zero-order valence-electron chi connectivity index (χ0n) is 75.4. The molecule has 0 amide bonds. The van der Waals surface area contributed by atoms with Crippen molar-refractivity contribution in [3.8, 4) is 0 Å². The first-order chi connectivity index (χ1) is 64.6. The van der Waals surface area contributed by atoms with Crippen molar-refractivity contribution in [3.63, 3.8) is 0 Å². The number of piperidine rings is 4. The molecule has 16 N–H and O–H groups in total. The van der Waals surface area contributed by atoms with Gasteiger partial charge in [-0.25, -0.2) is 75.0 Å². The van der Waals surface area contributed by atoms with Gasteiger partial charge in [0.15, 0.2) is 69.2 Å². The summed E-state index contributed by atoms with van der Waals surface area (Å²) in [5.41, 5.74) is 23.3. The minimum Gasteiger partial charge on any atom is -0.393 e. The Morgan fingerprint density at radius 1 is 0.309 bits per heavy atom. The first kappa shape index (κ1) is 94.3. The normalized spacial score (nSPS) is 20.8. The number of halogens is 8. The number of nitrogens with two attached hydrogens (primary N) is 4. The Hall–Kier alpha value is -13.5. The average molecular weight is 1890 g/mol. The number of hydrogen-bond donors (Lipinski definition) is 12. The number of benzene rings is 4. The molecule has 0 bridgehead atoms. The number of rotatable bonds is 20. The highest BCUT2D eigenvalue weighted by atomic mass is 19.2. The minimum atomic E-state index is -1.27. The number of hydrogen-bond acceptors (Lipinski definition) is 32. The van der Waals surface area contributed by atoms with E-state index in [1.54, 1.807) is 71.2 Å². The summed E-state index contributed by atoms with van der Waals surface area (Å²) < 4.78 is 124. The molecule has 16 aromatic rings. The Labute approximate surface area is 769 Å². The van der Waals surface area contributed by atoms with Crippen LogP contribution in [0, 0.1) is 46.5 Å². The summed E-state index contributed by atoms with van der Waals surface area (Å²) in [6.45, 7) is 16.3. The number of aliphatic hydroxyl groups is 8. The predicted octanol–water partition coefficient (Wildman–Crippen LogP) is 7.40. The fourth-order valence-corrected chi connectivity index (χ4v) is 18.0. The molecule has 20 rings (SSSR count). The second kappa shape index (κ2) is 36.9. The maximum absolute atomic E-state index is 14.3. The Morgan fingerprint density at radius 3 is 0.699 bits per heavy atom. The number of nitrogens with zero attached hydrogens (tertiary/aromatic N) is 28. The predicted molar refractivity (Wildman–Crippen MR) is 485 cm³/mol. The van der Waals surface area contributed by atoms with Crippen molar-refractivity contribution in [2.75, 3.05) is 95.1 Å². The van der Waals surface area contributed by atoms with Gasteiger partial charge in [-0.1, -0.05) is 0 Å². The van der Waals surface area contributed by atoms with Gasteiger partial charge in [0.25, 0.3) is 0 Å². The third-order valence-corrected chi connectivity index (χ3v) is 25.5. The van der Waals surface area contributed by atoms with Gasteiger partial charge in [0.1, 0.15) is 67.7 Å². The van der Waals surface area contributed by atoms with Gasteiger partial charge in [0.2, 0.25) is 23.8 Å². The fourth-order valence-electron chi connectivity index (χ4n) is 18.0. The molecule has 0 spiro atoms. The molecule has 4 aromatic carbocycles. The van der Waals surface area contributed by atoms with Crippen molar-refractivity contribution in [2.24, 2.45) is 0 Å². The summed E-state index contributed by atoms with van der Waals surface area (Å²) in [6.07, 6.45) is 21.1. The van der Waals surface area contributed by atoms with E-state index >= 15 is 0 Å². The van der Waals surface area contributed by atoms with Crippen LogP contribution >= 0.6 is 0 Å². The molecule has 0 saturated carbocycles. The molecule has 136 heavy (non-hydrogen) atoms. The minimum absolute atomic E-state index is 0.0231. The van der Waals surface area contributed by atoms with Gasteiger partial charge in [0.05, 0.1) is 122 Å². The summed E-state index contributed by atoms with van der Waals surface area (Å²) in [5, 5.41) is 114. The third-order valence-electron chi connectivity index (χ3n) is 25.5. The SMILES string of the molecule is C[C@@H]1CC[C@H](c2nc3c4cc(F)cc(F)c4nc(N)n3n2)CN1c1cnn(C[C@@](C)(O)CO)c1.C[C@@H]1CC[C@H](c2nc3c4cc(F)cc(F)c4nc(N)n3n2)CN1c1cnn(C[C@](C)(O)CO)c1.C[C@H]1CC[C@@H](c2nc3c4cc(F)cc(F)c4nc(N)n3n2)CN1c1cnn(C[C@@](C)(O)CO)c1.C[C@H]1CC[C@@H](c2nc3c4cc(F)cc(F)c4nc(N)n3n2)CN1c1cnn(C[C@](C)(O)CO)c1. The lowest BCUT2D eigenvalue weighted by atomic mass is 9.92. The molecule has 40 nitrogen and oxygen atoms in total. The van der Waals surface area contributed by atoms with Crippen LogP contribution in [0.4, 0.5) is 81.7 Å². The van der Waals surface area contributed by atoms with Crippen molar-refractivity contribution >= 4 is 113 Å². The quantitative estimate of drug-likeness (QED) is 0.0330. The first-order valence-electron chi connectivity index (χ1n) is 44.3. The van der Waals surface area contributed by atoms with Crippen LogP contribution in [0.5, 0.6) is 0 Å². The van der Waals surface area contributed by atoms with Crippen LogP contribution in [0.25, 0.3) is 66.2 Å². The molecule has 4 saturated heterocycles. The van der Waals surface area contributed by atoms with Gasteiger partial charge < -0.3 is 83.4 Å². The number of aliphatic hydroxyl groups excluding tert-OH is 4. The molecular weight excluding hydrogens is 1790 g/mol. The summed E-state index contributed by atoms with van der Waals surface area (Å²) in [6, 6.07) is 8.75. The second-order valence-corrected chi connectivity index (χ2v) is 37.1. The first-order valence-corrected chi connectivity index (χ1v) is 44.3. The van der Waals surface area contributed by atoms with Gasteiger partial charge in [-0.05, 0) is 131 Å². The van der Waals surface area contributed by atoms with Crippen LogP contribution in [0.15, 0.2) is 98.1 Å². The summed E-state index contributed by atoms with van der Waals surface area (Å²) in [5.74, 6) is -4.29. The Bertz CT molecular complexity index is 6300. The molecule has 0 unspecified atom stereocenters. The number of anilines is 8. The van der Waals surface area contributed by atoms with Crippen LogP contribution < -0.4 is 42.5 Å². The maximum atomic E-state index is 14.3. The van der Waals surface area contributed by atoms with E-state index in [4.69, 9.17) is 22.9 Å². The van der Waals surface area contributed by atoms with Gasteiger partial charge in [-0.2, -0.15) is 38.5 Å². The van der Waals surface area contributed by atoms with Gasteiger partial charge in [-0.3, -0.25) is 18.7 Å². The molecule has 12 atom stereocenters. The monoisotopic (exact) mass is 1890 g/mol. The van der Waals surface area contributed by atoms with E-state index < -0.39 is 68.9 Å². The number of aromatic nitrogens is 24. The van der Waals surface area contributed by atoms with Crippen LogP contribution in [0.2, 0.25) is 0 Å². The van der Waals surface area contributed by atoms with E-state index in [-0.39, 0.29) is 190 Å². The van der Waals surface area contributed by atoms with E-state index in [0.29, 0.717) is 49.5 Å². The highest BCUT2D eigenvalue weighted by Gasteiger charge is 2.38. The molecular formula is C88H104F8N32O8. The Kier molecular flexibility index (Phi) is 25.6. The molecule has 4 aliphatic rings. The van der Waals surface area contributed by atoms with Gasteiger partial charge in [-0.15, -0.1) is 20.4 Å². The lowest BCUT2D eigenvalue weighted by Gasteiger charge is -2.37. The lowest BCUT2D eigenvalue weighted by molar-refractivity contribution is -0.0147. The van der Waals surface area contributed by atoms with Gasteiger partial charge in [0, 0.05) is 123 Å². The van der Waals surface area contributed by atoms with Crippen LogP contribution in [-0.4, -0.2) is 257 Å². The van der Waals surface area contributed by atoms with Crippen molar-refractivity contribution in [1.82, 2.24) is 117 Å². The van der Waals surface area contributed by atoms with Crippen LogP contribution in [-0.2, 0) is 26.2 Å². The molecule has 0 radical (unpaired) electrons. The van der Waals surface area contributed by atoms with Crippen molar-refractivity contribution in [2.45, 2.75) is 203 Å². The van der Waals surface area contributed by atoms with E-state index in [1.165, 1.54) is 42.3 Å².